The minimum absolute atomic E-state index is 1.08. The number of hydrogen-bond acceptors (Lipinski definition) is 0. The zero-order valence-electron chi connectivity index (χ0n) is 18.5. The van der Waals surface area contributed by atoms with Gasteiger partial charge in [-0.3, -0.25) is 0 Å². The number of allylic oxidation sites excluding steroid dienone is 4. The molecular formula is C29H32Si. The SMILES string of the molecule is CCCCc1ccc(C2=C(C)C([SiH](c3ccccc3)c3ccccc3)=C(C)C2)cc1. The number of rotatable bonds is 7. The molecule has 0 heterocycles. The zero-order chi connectivity index (χ0) is 20.9. The number of aryl methyl sites for hydroxylation is 1. The Balaban J connectivity index is 1.73. The number of hydrogen-bond donors (Lipinski definition) is 0. The van der Waals surface area contributed by atoms with E-state index in [1.165, 1.54) is 51.9 Å². The monoisotopic (exact) mass is 408 g/mol. The first-order valence-electron chi connectivity index (χ1n) is 11.3. The summed E-state index contributed by atoms with van der Waals surface area (Å²) in [5.41, 5.74) is 7.45. The van der Waals surface area contributed by atoms with Crippen molar-refractivity contribution in [2.75, 3.05) is 0 Å². The van der Waals surface area contributed by atoms with E-state index in [0.29, 0.717) is 0 Å². The summed E-state index contributed by atoms with van der Waals surface area (Å²) in [6.07, 6.45) is 4.80. The highest BCUT2D eigenvalue weighted by Gasteiger charge is 2.29. The fourth-order valence-corrected chi connectivity index (χ4v) is 8.30. The molecule has 0 amide bonds. The standard InChI is InChI=1S/C29H32Si/c1-4-5-12-24-17-19-25(20-18-24)28-21-22(2)29(23(28)3)30(26-13-8-6-9-14-26)27-15-10-7-11-16-27/h6-11,13-20,30H,4-5,12,21H2,1-3H3. The Kier molecular flexibility index (Phi) is 6.49. The fraction of sp³-hybridized carbons (Fsp3) is 0.241. The first-order chi connectivity index (χ1) is 14.7. The van der Waals surface area contributed by atoms with Gasteiger partial charge in [0.2, 0.25) is 0 Å². The molecule has 1 aliphatic carbocycles. The van der Waals surface area contributed by atoms with E-state index < -0.39 is 8.80 Å². The molecule has 0 unspecified atom stereocenters. The maximum absolute atomic E-state index is 2.36. The summed E-state index contributed by atoms with van der Waals surface area (Å²) in [4.78, 5) is 0. The van der Waals surface area contributed by atoms with E-state index in [4.69, 9.17) is 0 Å². The molecule has 0 N–H and O–H groups in total. The molecule has 152 valence electrons. The van der Waals surface area contributed by atoms with Crippen molar-refractivity contribution in [2.45, 2.75) is 46.5 Å². The highest BCUT2D eigenvalue weighted by molar-refractivity contribution is 6.91. The molecule has 0 spiro atoms. The van der Waals surface area contributed by atoms with Gasteiger partial charge >= 0.3 is 0 Å². The number of benzene rings is 3. The van der Waals surface area contributed by atoms with Crippen molar-refractivity contribution >= 4 is 24.7 Å². The molecule has 0 saturated carbocycles. The Morgan fingerprint density at radius 1 is 0.733 bits per heavy atom. The average Bonchev–Trinajstić information content (AvgIpc) is 3.09. The molecule has 0 bridgehead atoms. The molecule has 1 heteroatoms. The van der Waals surface area contributed by atoms with Gasteiger partial charge in [-0.2, -0.15) is 0 Å². The van der Waals surface area contributed by atoms with Gasteiger partial charge in [0.1, 0.15) is 8.80 Å². The summed E-state index contributed by atoms with van der Waals surface area (Å²) < 4.78 is 0. The summed E-state index contributed by atoms with van der Waals surface area (Å²) in [5.74, 6) is 0. The van der Waals surface area contributed by atoms with Crippen LogP contribution in [0, 0.1) is 0 Å². The molecule has 0 nitrogen and oxygen atoms in total. The van der Waals surface area contributed by atoms with Crippen LogP contribution in [-0.2, 0) is 6.42 Å². The lowest BCUT2D eigenvalue weighted by Gasteiger charge is -2.21. The molecule has 0 saturated heterocycles. The lowest BCUT2D eigenvalue weighted by Crippen LogP contribution is -2.44. The molecule has 0 atom stereocenters. The second-order valence-corrected chi connectivity index (χ2v) is 11.3. The van der Waals surface area contributed by atoms with Gasteiger partial charge in [-0.05, 0) is 55.4 Å². The van der Waals surface area contributed by atoms with Crippen LogP contribution in [0.2, 0.25) is 0 Å². The Labute approximate surface area is 183 Å². The molecule has 0 aliphatic heterocycles. The van der Waals surface area contributed by atoms with Crippen LogP contribution >= 0.6 is 0 Å². The highest BCUT2D eigenvalue weighted by atomic mass is 28.3. The van der Waals surface area contributed by atoms with Crippen molar-refractivity contribution in [3.8, 4) is 0 Å². The maximum atomic E-state index is 2.36. The van der Waals surface area contributed by atoms with E-state index in [0.717, 1.165) is 6.42 Å². The second kappa shape index (κ2) is 9.45. The summed E-state index contributed by atoms with van der Waals surface area (Å²) in [6, 6.07) is 31.7. The van der Waals surface area contributed by atoms with Crippen LogP contribution in [0.3, 0.4) is 0 Å². The van der Waals surface area contributed by atoms with Crippen molar-refractivity contribution < 1.29 is 0 Å². The van der Waals surface area contributed by atoms with Gasteiger partial charge in [-0.25, -0.2) is 0 Å². The molecule has 4 rings (SSSR count). The average molecular weight is 409 g/mol. The second-order valence-electron chi connectivity index (χ2n) is 8.53. The maximum Gasteiger partial charge on any atom is 0.133 e. The molecule has 0 fully saturated rings. The zero-order valence-corrected chi connectivity index (χ0v) is 19.6. The van der Waals surface area contributed by atoms with Crippen molar-refractivity contribution in [3.63, 3.8) is 0 Å². The van der Waals surface area contributed by atoms with Gasteiger partial charge < -0.3 is 0 Å². The van der Waals surface area contributed by atoms with Gasteiger partial charge in [0.05, 0.1) is 0 Å². The first kappa shape index (κ1) is 20.6. The third-order valence-corrected chi connectivity index (χ3v) is 10.0. The smallest absolute Gasteiger partial charge is 0.0689 e. The lowest BCUT2D eigenvalue weighted by molar-refractivity contribution is 0.795. The lowest BCUT2D eigenvalue weighted by atomic mass is 9.98. The van der Waals surface area contributed by atoms with Crippen LogP contribution in [0.25, 0.3) is 5.57 Å². The Morgan fingerprint density at radius 2 is 1.30 bits per heavy atom. The van der Waals surface area contributed by atoms with Crippen LogP contribution in [0.5, 0.6) is 0 Å². The topological polar surface area (TPSA) is 0 Å². The molecule has 3 aromatic rings. The van der Waals surface area contributed by atoms with Crippen molar-refractivity contribution in [2.24, 2.45) is 0 Å². The van der Waals surface area contributed by atoms with Crippen molar-refractivity contribution in [1.29, 1.82) is 0 Å². The highest BCUT2D eigenvalue weighted by Crippen LogP contribution is 2.39. The molecule has 0 aromatic heterocycles. The van der Waals surface area contributed by atoms with Crippen molar-refractivity contribution in [1.82, 2.24) is 0 Å². The van der Waals surface area contributed by atoms with Crippen LogP contribution in [-0.4, -0.2) is 8.80 Å². The molecule has 3 aromatic carbocycles. The minimum Gasteiger partial charge on any atom is -0.0689 e. The largest absolute Gasteiger partial charge is 0.133 e. The van der Waals surface area contributed by atoms with Crippen LogP contribution in [0.4, 0.5) is 0 Å². The van der Waals surface area contributed by atoms with Gasteiger partial charge in [0.15, 0.2) is 0 Å². The Morgan fingerprint density at radius 3 is 1.83 bits per heavy atom. The Bertz CT molecular complexity index is 1000. The van der Waals surface area contributed by atoms with Gasteiger partial charge in [-0.15, -0.1) is 0 Å². The van der Waals surface area contributed by atoms with E-state index in [1.54, 1.807) is 10.8 Å². The molecule has 0 radical (unpaired) electrons. The van der Waals surface area contributed by atoms with Crippen LogP contribution in [0.15, 0.2) is 101 Å². The van der Waals surface area contributed by atoms with Gasteiger partial charge in [-0.1, -0.05) is 119 Å². The summed E-state index contributed by atoms with van der Waals surface area (Å²) in [5, 5.41) is 4.65. The van der Waals surface area contributed by atoms with Crippen LogP contribution < -0.4 is 10.4 Å². The third kappa shape index (κ3) is 4.27. The molecular weight excluding hydrogens is 376 g/mol. The summed E-state index contributed by atoms with van der Waals surface area (Å²) in [7, 11) is -1.48. The van der Waals surface area contributed by atoms with Crippen LogP contribution in [0.1, 0.15) is 51.2 Å². The predicted molar refractivity (Wildman–Crippen MR) is 134 cm³/mol. The first-order valence-corrected chi connectivity index (χ1v) is 13.0. The predicted octanol–water partition coefficient (Wildman–Crippen LogP) is 6.10. The third-order valence-electron chi connectivity index (χ3n) is 6.43. The van der Waals surface area contributed by atoms with E-state index >= 15 is 0 Å². The van der Waals surface area contributed by atoms with Gasteiger partial charge in [0, 0.05) is 0 Å². The molecule has 30 heavy (non-hydrogen) atoms. The quantitative estimate of drug-likeness (QED) is 0.414. The minimum atomic E-state index is -1.48. The summed E-state index contributed by atoms with van der Waals surface area (Å²) in [6.45, 7) is 6.97. The fourth-order valence-electron chi connectivity index (χ4n) is 4.83. The van der Waals surface area contributed by atoms with Gasteiger partial charge in [0.25, 0.3) is 0 Å². The van der Waals surface area contributed by atoms with E-state index in [-0.39, 0.29) is 0 Å². The number of unbranched alkanes of at least 4 members (excludes halogenated alkanes) is 1. The normalized spacial score (nSPS) is 14.1. The summed E-state index contributed by atoms with van der Waals surface area (Å²) >= 11 is 0. The Hall–Kier alpha value is -2.64. The van der Waals surface area contributed by atoms with Crippen molar-refractivity contribution in [3.05, 3.63) is 112 Å². The van der Waals surface area contributed by atoms with E-state index in [1.807, 2.05) is 0 Å². The van der Waals surface area contributed by atoms with E-state index in [9.17, 15) is 0 Å². The van der Waals surface area contributed by atoms with E-state index in [2.05, 4.69) is 106 Å². The molecule has 1 aliphatic rings.